The average Bonchev–Trinajstić information content (AvgIpc) is 2.04. The van der Waals surface area contributed by atoms with Crippen LogP contribution in [0.1, 0.15) is 18.1 Å². The van der Waals surface area contributed by atoms with E-state index in [4.69, 9.17) is 0 Å². The van der Waals surface area contributed by atoms with Gasteiger partial charge < -0.3 is 5.11 Å². The van der Waals surface area contributed by atoms with Gasteiger partial charge >= 0.3 is 0 Å². The summed E-state index contributed by atoms with van der Waals surface area (Å²) < 4.78 is 0. The summed E-state index contributed by atoms with van der Waals surface area (Å²) in [5.41, 5.74) is 1.79. The third-order valence-corrected chi connectivity index (χ3v) is 1.69. The van der Waals surface area contributed by atoms with Crippen LogP contribution in [0.5, 0.6) is 0 Å². The van der Waals surface area contributed by atoms with E-state index >= 15 is 0 Å². The second-order valence-electron chi connectivity index (χ2n) is 3.01. The largest absolute Gasteiger partial charge is 0.507 e. The first kappa shape index (κ1) is 9.52. The maximum absolute atomic E-state index is 10.7. The molecule has 0 atom stereocenters. The Bertz CT molecular complexity index is 334. The van der Waals surface area contributed by atoms with Gasteiger partial charge in [-0.3, -0.25) is 4.79 Å². The van der Waals surface area contributed by atoms with Crippen LogP contribution in [-0.2, 0) is 4.79 Å². The van der Waals surface area contributed by atoms with E-state index < -0.39 is 0 Å². The van der Waals surface area contributed by atoms with Gasteiger partial charge in [-0.05, 0) is 13.8 Å². The Morgan fingerprint density at radius 1 is 1.31 bits per heavy atom. The van der Waals surface area contributed by atoms with Crippen LogP contribution in [0.25, 0.3) is 5.76 Å². The molecule has 0 fully saturated rings. The molecule has 0 aliphatic rings. The number of aliphatic hydroxyl groups excluding tert-OH is 1. The molecule has 1 aromatic carbocycles. The minimum absolute atomic E-state index is 0.0208. The van der Waals surface area contributed by atoms with E-state index in [2.05, 4.69) is 0 Å². The SMILES string of the molecule is CC(=O)/C=C(\O)c1ccc(C)cc1. The number of benzene rings is 1. The monoisotopic (exact) mass is 176 g/mol. The van der Waals surface area contributed by atoms with Gasteiger partial charge in [-0.1, -0.05) is 29.8 Å². The second-order valence-corrected chi connectivity index (χ2v) is 3.01. The van der Waals surface area contributed by atoms with E-state index in [-0.39, 0.29) is 11.5 Å². The number of rotatable bonds is 2. The molecule has 0 spiro atoms. The van der Waals surface area contributed by atoms with Crippen LogP contribution in [0.3, 0.4) is 0 Å². The van der Waals surface area contributed by atoms with Crippen molar-refractivity contribution in [3.05, 3.63) is 41.5 Å². The van der Waals surface area contributed by atoms with Crippen LogP contribution in [0, 0.1) is 6.92 Å². The van der Waals surface area contributed by atoms with Crippen molar-refractivity contribution >= 4 is 11.5 Å². The molecule has 0 unspecified atom stereocenters. The summed E-state index contributed by atoms with van der Waals surface area (Å²) in [6, 6.07) is 7.34. The van der Waals surface area contributed by atoms with E-state index in [9.17, 15) is 9.90 Å². The van der Waals surface area contributed by atoms with Gasteiger partial charge in [0.05, 0.1) is 0 Å². The van der Waals surface area contributed by atoms with Gasteiger partial charge in [0.2, 0.25) is 0 Å². The average molecular weight is 176 g/mol. The zero-order valence-corrected chi connectivity index (χ0v) is 7.74. The predicted octanol–water partition coefficient (Wildman–Crippen LogP) is 2.48. The first-order valence-corrected chi connectivity index (χ1v) is 4.08. The maximum atomic E-state index is 10.7. The molecule has 2 nitrogen and oxygen atoms in total. The Morgan fingerprint density at radius 2 is 1.85 bits per heavy atom. The molecule has 0 saturated carbocycles. The lowest BCUT2D eigenvalue weighted by atomic mass is 10.1. The van der Waals surface area contributed by atoms with E-state index in [0.717, 1.165) is 5.56 Å². The van der Waals surface area contributed by atoms with Crippen LogP contribution in [0.15, 0.2) is 30.3 Å². The first-order chi connectivity index (χ1) is 6.09. The van der Waals surface area contributed by atoms with Gasteiger partial charge in [-0.2, -0.15) is 0 Å². The standard InChI is InChI=1S/C11H12O2/c1-8-3-5-10(6-4-8)11(13)7-9(2)12/h3-7,13H,1-2H3/b11-7-. The van der Waals surface area contributed by atoms with E-state index in [1.165, 1.54) is 13.0 Å². The van der Waals surface area contributed by atoms with Crippen molar-refractivity contribution < 1.29 is 9.90 Å². The Balaban J connectivity index is 2.96. The molecule has 68 valence electrons. The van der Waals surface area contributed by atoms with Crippen molar-refractivity contribution in [2.45, 2.75) is 13.8 Å². The molecule has 0 saturated heterocycles. The Labute approximate surface area is 77.5 Å². The van der Waals surface area contributed by atoms with Gasteiger partial charge in [0.25, 0.3) is 0 Å². The second kappa shape index (κ2) is 3.90. The summed E-state index contributed by atoms with van der Waals surface area (Å²) in [4.78, 5) is 10.7. The predicted molar refractivity (Wildman–Crippen MR) is 52.5 cm³/mol. The smallest absolute Gasteiger partial charge is 0.156 e. The fourth-order valence-corrected chi connectivity index (χ4v) is 1.00. The number of ketones is 1. The van der Waals surface area contributed by atoms with Crippen LogP contribution >= 0.6 is 0 Å². The molecule has 0 aliphatic heterocycles. The molecule has 1 aromatic rings. The highest BCUT2D eigenvalue weighted by atomic mass is 16.3. The molecule has 0 amide bonds. The number of aliphatic hydroxyl groups is 1. The minimum atomic E-state index is -0.155. The van der Waals surface area contributed by atoms with E-state index in [1.54, 1.807) is 12.1 Å². The van der Waals surface area contributed by atoms with Gasteiger partial charge in [0.15, 0.2) is 5.78 Å². The summed E-state index contributed by atoms with van der Waals surface area (Å²) in [7, 11) is 0. The number of aryl methyl sites for hydroxylation is 1. The van der Waals surface area contributed by atoms with Crippen molar-refractivity contribution in [1.29, 1.82) is 0 Å². The molecular formula is C11H12O2. The number of hydrogen-bond donors (Lipinski definition) is 1. The van der Waals surface area contributed by atoms with Crippen LogP contribution in [-0.4, -0.2) is 10.9 Å². The molecular weight excluding hydrogens is 164 g/mol. The molecule has 1 rings (SSSR count). The Hall–Kier alpha value is -1.57. The molecule has 13 heavy (non-hydrogen) atoms. The van der Waals surface area contributed by atoms with Crippen molar-refractivity contribution in [2.24, 2.45) is 0 Å². The normalized spacial score (nSPS) is 11.4. The lowest BCUT2D eigenvalue weighted by Gasteiger charge is -1.99. The third-order valence-electron chi connectivity index (χ3n) is 1.69. The first-order valence-electron chi connectivity index (χ1n) is 4.08. The van der Waals surface area contributed by atoms with Crippen LogP contribution in [0.4, 0.5) is 0 Å². The quantitative estimate of drug-likeness (QED) is 0.555. The highest BCUT2D eigenvalue weighted by Gasteiger charge is 1.98. The molecule has 1 N–H and O–H groups in total. The molecule has 0 bridgehead atoms. The molecule has 0 heterocycles. The number of hydrogen-bond acceptors (Lipinski definition) is 2. The van der Waals surface area contributed by atoms with Crippen molar-refractivity contribution in [3.63, 3.8) is 0 Å². The van der Waals surface area contributed by atoms with Crippen LogP contribution < -0.4 is 0 Å². The lowest BCUT2D eigenvalue weighted by molar-refractivity contribution is -0.112. The molecule has 0 radical (unpaired) electrons. The number of allylic oxidation sites excluding steroid dienone is 1. The zero-order valence-electron chi connectivity index (χ0n) is 7.74. The molecule has 0 aromatic heterocycles. The summed E-state index contributed by atoms with van der Waals surface area (Å²) in [5, 5.41) is 9.42. The number of carbonyl (C=O) groups excluding carboxylic acids is 1. The van der Waals surface area contributed by atoms with Crippen molar-refractivity contribution in [3.8, 4) is 0 Å². The van der Waals surface area contributed by atoms with E-state index in [0.29, 0.717) is 5.56 Å². The summed E-state index contributed by atoms with van der Waals surface area (Å²) in [6.45, 7) is 3.37. The fourth-order valence-electron chi connectivity index (χ4n) is 1.00. The third kappa shape index (κ3) is 2.75. The Kier molecular flexibility index (Phi) is 2.85. The van der Waals surface area contributed by atoms with Crippen molar-refractivity contribution in [1.82, 2.24) is 0 Å². The lowest BCUT2D eigenvalue weighted by Crippen LogP contribution is -1.88. The highest BCUT2D eigenvalue weighted by molar-refractivity contribution is 5.93. The van der Waals surface area contributed by atoms with Crippen LogP contribution in [0.2, 0.25) is 0 Å². The summed E-state index contributed by atoms with van der Waals surface area (Å²) in [6.07, 6.45) is 1.21. The summed E-state index contributed by atoms with van der Waals surface area (Å²) in [5.74, 6) is -0.134. The van der Waals surface area contributed by atoms with Gasteiger partial charge in [0, 0.05) is 11.6 Å². The molecule has 2 heteroatoms. The zero-order chi connectivity index (χ0) is 9.84. The number of carbonyl (C=O) groups is 1. The van der Waals surface area contributed by atoms with Crippen molar-refractivity contribution in [2.75, 3.05) is 0 Å². The van der Waals surface area contributed by atoms with Gasteiger partial charge in [0.1, 0.15) is 5.76 Å². The highest BCUT2D eigenvalue weighted by Crippen LogP contribution is 2.11. The van der Waals surface area contributed by atoms with E-state index in [1.807, 2.05) is 19.1 Å². The topological polar surface area (TPSA) is 37.3 Å². The summed E-state index contributed by atoms with van der Waals surface area (Å²) >= 11 is 0. The minimum Gasteiger partial charge on any atom is -0.507 e. The van der Waals surface area contributed by atoms with Gasteiger partial charge in [-0.25, -0.2) is 0 Å². The molecule has 0 aliphatic carbocycles. The van der Waals surface area contributed by atoms with Gasteiger partial charge in [-0.15, -0.1) is 0 Å². The maximum Gasteiger partial charge on any atom is 0.156 e. The Morgan fingerprint density at radius 3 is 2.31 bits per heavy atom. The fraction of sp³-hybridized carbons (Fsp3) is 0.182.